The summed E-state index contributed by atoms with van der Waals surface area (Å²) in [5.41, 5.74) is 21.7. The first-order chi connectivity index (χ1) is 39.3. The summed E-state index contributed by atoms with van der Waals surface area (Å²) in [7, 11) is 0. The van der Waals surface area contributed by atoms with Crippen molar-refractivity contribution in [2.24, 2.45) is 11.5 Å². The van der Waals surface area contributed by atoms with Crippen molar-refractivity contribution in [2.45, 2.75) is 138 Å². The Bertz CT molecular complexity index is 2620. The van der Waals surface area contributed by atoms with Gasteiger partial charge in [-0.1, -0.05) is 158 Å². The van der Waals surface area contributed by atoms with E-state index in [0.29, 0.717) is 52.4 Å². The lowest BCUT2D eigenvalue weighted by Crippen LogP contribution is -3.00. The molecule has 0 saturated heterocycles. The Morgan fingerprint density at radius 3 is 1.08 bits per heavy atom. The van der Waals surface area contributed by atoms with Crippen molar-refractivity contribution < 1.29 is 43.9 Å². The zero-order valence-corrected chi connectivity index (χ0v) is 52.0. The molecule has 84 heavy (non-hydrogen) atoms. The number of halogens is 2. The highest BCUT2D eigenvalue weighted by Crippen LogP contribution is 2.15. The molecule has 12 nitrogen and oxygen atoms in total. The molecule has 0 atom stereocenters. The zero-order valence-electron chi connectivity index (χ0n) is 50.5. The van der Waals surface area contributed by atoms with E-state index in [1.165, 1.54) is 38.3 Å². The van der Waals surface area contributed by atoms with Crippen LogP contribution in [-0.2, 0) is 74.7 Å². The van der Waals surface area contributed by atoms with Gasteiger partial charge in [-0.15, -0.1) is 44.5 Å². The van der Waals surface area contributed by atoms with Gasteiger partial charge >= 0.3 is 12.2 Å². The number of ether oxygens (including phenoxy) is 2. The van der Waals surface area contributed by atoms with E-state index >= 15 is 0 Å². The Kier molecular flexibility index (Phi) is 44.6. The van der Waals surface area contributed by atoms with Crippen LogP contribution in [0.3, 0.4) is 0 Å². The second-order valence-corrected chi connectivity index (χ2v) is 20.5. The van der Waals surface area contributed by atoms with E-state index in [1.807, 2.05) is 90.1 Å². The zero-order chi connectivity index (χ0) is 60.9. The summed E-state index contributed by atoms with van der Waals surface area (Å²) in [4.78, 5) is 25.1. The largest absolute Gasteiger partial charge is 1.00 e. The molecule has 2 amide bonds. The van der Waals surface area contributed by atoms with Crippen LogP contribution in [0.1, 0.15) is 117 Å². The van der Waals surface area contributed by atoms with Crippen LogP contribution in [0.2, 0.25) is 0 Å². The molecule has 5 rings (SSSR count). The number of alkyl carbamates (subject to hydrolysis) is 1. The first kappa shape index (κ1) is 78.4. The lowest BCUT2D eigenvalue weighted by atomic mass is 10.1. The molecule has 0 spiro atoms. The fourth-order valence-corrected chi connectivity index (χ4v) is 6.91. The Morgan fingerprint density at radius 1 is 0.452 bits per heavy atom. The molecule has 0 heterocycles. The predicted octanol–water partition coefficient (Wildman–Crippen LogP) is 4.16. The van der Waals surface area contributed by atoms with Crippen molar-refractivity contribution in [3.63, 3.8) is 0 Å². The number of nitrogens with zero attached hydrogens (tertiary/aromatic N) is 1. The molecule has 5 aromatic carbocycles. The third kappa shape index (κ3) is 40.5. The summed E-state index contributed by atoms with van der Waals surface area (Å²) < 4.78 is 10.5. The number of hydrogen-bond acceptors (Lipinski definition) is 10. The van der Waals surface area contributed by atoms with Gasteiger partial charge in [0, 0.05) is 58.8 Å². The van der Waals surface area contributed by atoms with Crippen molar-refractivity contribution in [1.82, 2.24) is 31.5 Å². The van der Waals surface area contributed by atoms with Crippen LogP contribution >= 0.6 is 0 Å². The van der Waals surface area contributed by atoms with Crippen molar-refractivity contribution in [2.75, 3.05) is 32.7 Å². The van der Waals surface area contributed by atoms with Gasteiger partial charge < -0.3 is 72.3 Å². The number of carbonyl (C=O) groups is 2. The standard InChI is InChI=1S/C20H25NO2.2C14H16N2.C14H21NO2.C8H12N2.2ClH/c1-6-8-9-10-17-11-13-18(14-12-17)16-21(15-7-2)19(22)23-20(3,4)5;2*1-3-9-15-11-13-5-7-14(8-6-13)12-16-10-4-2;1-5-11-6-8-12(9-7-11)10-15-13(16)17-14(2,3)4;9-5-7-1-2-8(6-10)4-3-7;;/h1-2,11-14H,8-10,15-16H2,3-5H3;2*1-2,5-8,15-16H,9-12H2;6-9H,5,10H2,1-4H3,(H,15,16);1-4H,5-6,9-10H2;2*1H/p-2. The predicted molar refractivity (Wildman–Crippen MR) is 340 cm³/mol. The molecule has 450 valence electrons. The topological polar surface area (TPSA) is 168 Å². The minimum Gasteiger partial charge on any atom is -1.00 e. The molecule has 5 aromatic rings. The van der Waals surface area contributed by atoms with Crippen LogP contribution in [0.4, 0.5) is 9.59 Å². The van der Waals surface area contributed by atoms with E-state index < -0.39 is 17.3 Å². The molecular formula is C70H90Cl2N8O4-2. The number of terminal acetylenes is 6. The Hall–Kier alpha value is -7.66. The first-order valence-electron chi connectivity index (χ1n) is 27.5. The van der Waals surface area contributed by atoms with Crippen LogP contribution in [-0.4, -0.2) is 61.0 Å². The number of benzene rings is 5. The number of carbonyl (C=O) groups excluding carboxylic acids is 2. The van der Waals surface area contributed by atoms with Crippen molar-refractivity contribution in [3.05, 3.63) is 177 Å². The summed E-state index contributed by atoms with van der Waals surface area (Å²) in [6.45, 7) is 21.2. The van der Waals surface area contributed by atoms with Gasteiger partial charge in [0.2, 0.25) is 0 Å². The van der Waals surface area contributed by atoms with Gasteiger partial charge in [0.25, 0.3) is 0 Å². The number of amides is 2. The number of nitrogens with two attached hydrogens (primary N) is 2. The smallest absolute Gasteiger partial charge is 0.411 e. The van der Waals surface area contributed by atoms with E-state index in [-0.39, 0.29) is 37.5 Å². The number of unbranched alkanes of at least 4 members (excludes halogenated alkanes) is 1. The van der Waals surface area contributed by atoms with Gasteiger partial charge in [0.15, 0.2) is 0 Å². The monoisotopic (exact) mass is 1180 g/mol. The summed E-state index contributed by atoms with van der Waals surface area (Å²) in [6.07, 6.45) is 34.2. The van der Waals surface area contributed by atoms with E-state index in [4.69, 9.17) is 59.5 Å². The lowest BCUT2D eigenvalue weighted by molar-refractivity contribution is -0.00100. The number of nitrogens with one attached hydrogen (secondary N) is 5. The molecule has 14 heteroatoms. The summed E-state index contributed by atoms with van der Waals surface area (Å²) >= 11 is 0. The molecule has 0 radical (unpaired) electrons. The quantitative estimate of drug-likeness (QED) is 0.0373. The number of hydrogen-bond donors (Lipinski definition) is 7. The second-order valence-electron chi connectivity index (χ2n) is 20.5. The average Bonchev–Trinajstić information content (AvgIpc) is 3.54. The lowest BCUT2D eigenvalue weighted by Gasteiger charge is -2.26. The van der Waals surface area contributed by atoms with Crippen LogP contribution in [0, 0.1) is 74.1 Å². The van der Waals surface area contributed by atoms with Gasteiger partial charge in [-0.3, -0.25) is 4.90 Å². The van der Waals surface area contributed by atoms with E-state index in [1.54, 1.807) is 0 Å². The maximum Gasteiger partial charge on any atom is 0.411 e. The molecule has 0 bridgehead atoms. The minimum absolute atomic E-state index is 0. The fraction of sp³-hybridized carbons (Fsp3) is 0.371. The van der Waals surface area contributed by atoms with E-state index in [2.05, 4.69) is 142 Å². The Balaban J connectivity index is 0. The molecule has 9 N–H and O–H groups in total. The maximum absolute atomic E-state index is 12.2. The molecule has 0 aromatic heterocycles. The van der Waals surface area contributed by atoms with Gasteiger partial charge in [-0.2, -0.15) is 0 Å². The second kappa shape index (κ2) is 47.8. The SMILES string of the molecule is C#CCCCc1ccc(CN(CC#C)C(=O)OC(C)(C)C)cc1.C#CCNCc1ccc(CNCC#C)cc1.C#CCNCc1ccc(CNCC#C)cc1.CCc1ccc(CNC(=O)OC(C)(C)C)cc1.NCc1ccc(CN)cc1.[Cl-].[Cl-]. The van der Waals surface area contributed by atoms with Crippen LogP contribution in [0.5, 0.6) is 0 Å². The van der Waals surface area contributed by atoms with E-state index in [0.717, 1.165) is 74.1 Å². The normalized spacial score (nSPS) is 9.85. The molecule has 0 aliphatic carbocycles. The third-order valence-electron chi connectivity index (χ3n) is 11.1. The summed E-state index contributed by atoms with van der Waals surface area (Å²) in [5, 5.41) is 15.3. The molecule has 0 saturated carbocycles. The molecular weight excluding hydrogens is 1090 g/mol. The molecule has 0 aliphatic heterocycles. The number of rotatable bonds is 23. The fourth-order valence-electron chi connectivity index (χ4n) is 6.91. The van der Waals surface area contributed by atoms with Crippen LogP contribution in [0.15, 0.2) is 121 Å². The summed E-state index contributed by atoms with van der Waals surface area (Å²) in [6, 6.07) is 41.1. The maximum atomic E-state index is 12.2. The van der Waals surface area contributed by atoms with Crippen molar-refractivity contribution in [3.8, 4) is 74.1 Å². The van der Waals surface area contributed by atoms with Gasteiger partial charge in [-0.05, 0) is 116 Å². The van der Waals surface area contributed by atoms with Crippen molar-refractivity contribution >= 4 is 12.2 Å². The van der Waals surface area contributed by atoms with Crippen LogP contribution in [0.25, 0.3) is 0 Å². The summed E-state index contributed by atoms with van der Waals surface area (Å²) in [5.74, 6) is 15.3. The van der Waals surface area contributed by atoms with E-state index in [9.17, 15) is 9.59 Å². The highest BCUT2D eigenvalue weighted by atomic mass is 35.5. The van der Waals surface area contributed by atoms with Crippen LogP contribution < -0.4 is 62.9 Å². The highest BCUT2D eigenvalue weighted by molar-refractivity contribution is 5.68. The van der Waals surface area contributed by atoms with Gasteiger partial charge in [-0.25, -0.2) is 9.59 Å². The Morgan fingerprint density at radius 2 is 0.774 bits per heavy atom. The molecule has 0 aliphatic rings. The van der Waals surface area contributed by atoms with Gasteiger partial charge in [0.1, 0.15) is 11.2 Å². The molecule has 0 fully saturated rings. The highest BCUT2D eigenvalue weighted by Gasteiger charge is 2.22. The first-order valence-corrected chi connectivity index (χ1v) is 27.5. The third-order valence-corrected chi connectivity index (χ3v) is 11.1. The Labute approximate surface area is 517 Å². The molecule has 0 unspecified atom stereocenters. The number of aryl methyl sites for hydroxylation is 2. The van der Waals surface area contributed by atoms with Crippen molar-refractivity contribution in [1.29, 1.82) is 0 Å². The average molecular weight is 1180 g/mol. The minimum atomic E-state index is -0.537. The van der Waals surface area contributed by atoms with Gasteiger partial charge in [0.05, 0.1) is 32.7 Å².